The molecule has 0 atom stereocenters. The van der Waals surface area contributed by atoms with Crippen LogP contribution in [0.1, 0.15) is 25.7 Å². The number of nitrogens with one attached hydrogen (secondary N) is 1. The second-order valence-corrected chi connectivity index (χ2v) is 8.23. The maximum Gasteiger partial charge on any atom is 0.420 e. The van der Waals surface area contributed by atoms with Gasteiger partial charge in [0.2, 0.25) is 5.91 Å². The quantitative estimate of drug-likeness (QED) is 0.500. The molecule has 5 rings (SSSR count). The van der Waals surface area contributed by atoms with Crippen LogP contribution >= 0.6 is 0 Å². The molecule has 1 saturated heterocycles. The van der Waals surface area contributed by atoms with Crippen LogP contribution in [-0.2, 0) is 11.3 Å². The van der Waals surface area contributed by atoms with Crippen LogP contribution in [0.5, 0.6) is 0 Å². The molecule has 0 aliphatic carbocycles. The van der Waals surface area contributed by atoms with Gasteiger partial charge in [0, 0.05) is 24.3 Å². The molecular formula is C25H25N5O3. The number of anilines is 2. The van der Waals surface area contributed by atoms with E-state index in [1.165, 1.54) is 30.3 Å². The first-order valence-corrected chi connectivity index (χ1v) is 11.2. The summed E-state index contributed by atoms with van der Waals surface area (Å²) >= 11 is 0. The Labute approximate surface area is 190 Å². The van der Waals surface area contributed by atoms with E-state index in [1.807, 2.05) is 36.4 Å². The van der Waals surface area contributed by atoms with Gasteiger partial charge in [-0.3, -0.25) is 9.36 Å². The largest absolute Gasteiger partial charge is 0.420 e. The van der Waals surface area contributed by atoms with Crippen LogP contribution in [0.4, 0.5) is 11.5 Å². The molecule has 0 saturated carbocycles. The summed E-state index contributed by atoms with van der Waals surface area (Å²) in [4.78, 5) is 26.9. The van der Waals surface area contributed by atoms with Gasteiger partial charge in [-0.25, -0.2) is 4.79 Å². The van der Waals surface area contributed by atoms with Crippen LogP contribution in [0, 0.1) is 0 Å². The molecule has 8 nitrogen and oxygen atoms in total. The number of fused-ring (bicyclic) bond motifs is 1. The van der Waals surface area contributed by atoms with Crippen LogP contribution in [0.2, 0.25) is 0 Å². The fourth-order valence-corrected chi connectivity index (χ4v) is 4.18. The lowest BCUT2D eigenvalue weighted by molar-refractivity contribution is -0.116. The number of hydrogen-bond acceptors (Lipinski definition) is 6. The average molecular weight is 444 g/mol. The summed E-state index contributed by atoms with van der Waals surface area (Å²) in [5, 5.41) is 11.7. The monoisotopic (exact) mass is 443 g/mol. The van der Waals surface area contributed by atoms with Crippen LogP contribution in [0.3, 0.4) is 0 Å². The fraction of sp³-hybridized carbons (Fsp3) is 0.280. The van der Waals surface area contributed by atoms with Gasteiger partial charge in [-0.05, 0) is 49.2 Å². The van der Waals surface area contributed by atoms with Crippen LogP contribution < -0.4 is 16.0 Å². The number of carbonyl (C=O) groups is 1. The minimum atomic E-state index is -0.552. The van der Waals surface area contributed by atoms with Crippen molar-refractivity contribution in [2.24, 2.45) is 0 Å². The van der Waals surface area contributed by atoms with E-state index in [4.69, 9.17) is 4.42 Å². The topological polar surface area (TPSA) is 93.3 Å². The molecule has 2 aromatic carbocycles. The van der Waals surface area contributed by atoms with Gasteiger partial charge < -0.3 is 14.6 Å². The van der Waals surface area contributed by atoms with Gasteiger partial charge >= 0.3 is 5.76 Å². The molecule has 3 heterocycles. The molecule has 1 amide bonds. The van der Waals surface area contributed by atoms with Crippen LogP contribution in [-0.4, -0.2) is 33.8 Å². The van der Waals surface area contributed by atoms with Gasteiger partial charge in [0.05, 0.1) is 11.2 Å². The Kier molecular flexibility index (Phi) is 5.89. The lowest BCUT2D eigenvalue weighted by Crippen LogP contribution is -2.25. The molecule has 4 aromatic rings. The number of hydrogen-bond donors (Lipinski definition) is 1. The fourth-order valence-electron chi connectivity index (χ4n) is 4.18. The molecule has 0 unspecified atom stereocenters. The summed E-state index contributed by atoms with van der Waals surface area (Å²) in [7, 11) is 0. The zero-order valence-electron chi connectivity index (χ0n) is 18.2. The molecule has 2 aromatic heterocycles. The highest BCUT2D eigenvalue weighted by atomic mass is 16.4. The Morgan fingerprint density at radius 2 is 1.67 bits per heavy atom. The third-order valence-electron chi connectivity index (χ3n) is 5.92. The lowest BCUT2D eigenvalue weighted by Gasteiger charge is -2.20. The molecule has 0 bridgehead atoms. The predicted octanol–water partition coefficient (Wildman–Crippen LogP) is 4.07. The molecule has 0 radical (unpaired) electrons. The Hall–Kier alpha value is -3.94. The summed E-state index contributed by atoms with van der Waals surface area (Å²) in [6, 6.07) is 18.5. The summed E-state index contributed by atoms with van der Waals surface area (Å²) < 4.78 is 6.50. The molecule has 0 spiro atoms. The number of para-hydroxylation sites is 2. The van der Waals surface area contributed by atoms with E-state index in [9.17, 15) is 9.59 Å². The van der Waals surface area contributed by atoms with Crippen molar-refractivity contribution in [2.45, 2.75) is 32.2 Å². The Morgan fingerprint density at radius 3 is 2.39 bits per heavy atom. The number of rotatable bonds is 5. The second-order valence-electron chi connectivity index (χ2n) is 8.23. The van der Waals surface area contributed by atoms with Crippen molar-refractivity contribution in [3.63, 3.8) is 0 Å². The van der Waals surface area contributed by atoms with Crippen molar-refractivity contribution in [3.8, 4) is 11.3 Å². The average Bonchev–Trinajstić information content (AvgIpc) is 3.00. The SMILES string of the molecule is O=C(Cn1c(=O)oc2ccccc21)Nc1ccc(-c2ccc(N3CCCCCC3)nn2)cc1. The van der Waals surface area contributed by atoms with Gasteiger partial charge in [0.25, 0.3) is 0 Å². The molecular weight excluding hydrogens is 418 g/mol. The molecule has 8 heteroatoms. The lowest BCUT2D eigenvalue weighted by atomic mass is 10.1. The van der Waals surface area contributed by atoms with E-state index in [-0.39, 0.29) is 12.5 Å². The van der Waals surface area contributed by atoms with Crippen molar-refractivity contribution in [1.29, 1.82) is 0 Å². The Bertz CT molecular complexity index is 1300. The zero-order valence-corrected chi connectivity index (χ0v) is 18.2. The molecule has 1 aliphatic rings. The minimum Gasteiger partial charge on any atom is -0.408 e. The number of oxazole rings is 1. The highest BCUT2D eigenvalue weighted by Gasteiger charge is 2.14. The van der Waals surface area contributed by atoms with Gasteiger partial charge in [-0.1, -0.05) is 37.1 Å². The van der Waals surface area contributed by atoms with Crippen molar-refractivity contribution in [3.05, 3.63) is 71.2 Å². The van der Waals surface area contributed by atoms with Crippen molar-refractivity contribution in [1.82, 2.24) is 14.8 Å². The van der Waals surface area contributed by atoms with E-state index < -0.39 is 5.76 Å². The van der Waals surface area contributed by atoms with Crippen LogP contribution in [0.25, 0.3) is 22.4 Å². The summed E-state index contributed by atoms with van der Waals surface area (Å²) in [5.41, 5.74) is 3.39. The Balaban J connectivity index is 1.24. The maximum absolute atomic E-state index is 12.5. The Morgan fingerprint density at radius 1 is 0.909 bits per heavy atom. The summed E-state index contributed by atoms with van der Waals surface area (Å²) in [5.74, 6) is 0.0634. The first-order chi connectivity index (χ1) is 16.2. The smallest absolute Gasteiger partial charge is 0.408 e. The normalized spacial score (nSPS) is 14.2. The number of aromatic nitrogens is 3. The summed E-state index contributed by atoms with van der Waals surface area (Å²) in [6.45, 7) is 1.94. The van der Waals surface area contributed by atoms with Crippen molar-refractivity contribution >= 4 is 28.5 Å². The van der Waals surface area contributed by atoms with Gasteiger partial charge in [-0.15, -0.1) is 10.2 Å². The van der Waals surface area contributed by atoms with Gasteiger partial charge in [-0.2, -0.15) is 0 Å². The van der Waals surface area contributed by atoms with E-state index in [0.29, 0.717) is 16.8 Å². The standard InChI is InChI=1S/C25H25N5O3/c31-24(17-30-21-7-3-4-8-22(21)33-25(30)32)26-19-11-9-18(10-12-19)20-13-14-23(28-27-20)29-15-5-1-2-6-16-29/h3-4,7-14H,1-2,5-6,15-17H2,(H,26,31). The first kappa shape index (κ1) is 20.9. The van der Waals surface area contributed by atoms with Crippen molar-refractivity contribution in [2.75, 3.05) is 23.3 Å². The van der Waals surface area contributed by atoms with Gasteiger partial charge in [0.1, 0.15) is 6.54 Å². The molecule has 1 fully saturated rings. The zero-order chi connectivity index (χ0) is 22.6. The van der Waals surface area contributed by atoms with E-state index in [2.05, 4.69) is 20.4 Å². The first-order valence-electron chi connectivity index (χ1n) is 11.2. The van der Waals surface area contributed by atoms with E-state index in [0.717, 1.165) is 30.2 Å². The maximum atomic E-state index is 12.5. The predicted molar refractivity (Wildman–Crippen MR) is 127 cm³/mol. The van der Waals surface area contributed by atoms with E-state index >= 15 is 0 Å². The molecule has 1 N–H and O–H groups in total. The summed E-state index contributed by atoms with van der Waals surface area (Å²) in [6.07, 6.45) is 4.95. The molecule has 1 aliphatic heterocycles. The highest BCUT2D eigenvalue weighted by Crippen LogP contribution is 2.22. The number of amides is 1. The number of carbonyl (C=O) groups excluding carboxylic acids is 1. The van der Waals surface area contributed by atoms with Crippen molar-refractivity contribution < 1.29 is 9.21 Å². The van der Waals surface area contributed by atoms with Crippen LogP contribution in [0.15, 0.2) is 69.9 Å². The van der Waals surface area contributed by atoms with E-state index in [1.54, 1.807) is 24.3 Å². The number of benzene rings is 2. The number of nitrogens with zero attached hydrogens (tertiary/aromatic N) is 4. The molecule has 33 heavy (non-hydrogen) atoms. The minimum absolute atomic E-state index is 0.124. The highest BCUT2D eigenvalue weighted by molar-refractivity contribution is 5.91. The third kappa shape index (κ3) is 4.64. The third-order valence-corrected chi connectivity index (χ3v) is 5.92. The second kappa shape index (κ2) is 9.28. The van der Waals surface area contributed by atoms with Gasteiger partial charge in [0.15, 0.2) is 11.4 Å². The molecule has 168 valence electrons.